The van der Waals surface area contributed by atoms with Crippen LogP contribution in [0.2, 0.25) is 0 Å². The van der Waals surface area contributed by atoms with Gasteiger partial charge in [0.15, 0.2) is 0 Å². The Labute approximate surface area is 132 Å². The summed E-state index contributed by atoms with van der Waals surface area (Å²) in [5, 5.41) is 5.11. The van der Waals surface area contributed by atoms with Crippen molar-refractivity contribution in [2.24, 2.45) is 0 Å². The molecule has 2 amide bonds. The van der Waals surface area contributed by atoms with E-state index in [2.05, 4.69) is 10.6 Å². The minimum Gasteiger partial charge on any atom is -0.352 e. The Morgan fingerprint density at radius 2 is 1.61 bits per heavy atom. The van der Waals surface area contributed by atoms with Gasteiger partial charge < -0.3 is 10.6 Å². The van der Waals surface area contributed by atoms with Crippen molar-refractivity contribution in [1.82, 2.24) is 5.32 Å². The first-order valence-corrected chi connectivity index (χ1v) is 7.14. The maximum absolute atomic E-state index is 13.0. The number of hydrogen-bond acceptors (Lipinski definition) is 2. The average Bonchev–Trinajstić information content (AvgIpc) is 2.51. The average molecular weight is 318 g/mol. The van der Waals surface area contributed by atoms with Gasteiger partial charge in [-0.1, -0.05) is 18.2 Å². The van der Waals surface area contributed by atoms with Crippen LogP contribution in [-0.2, 0) is 4.79 Å². The van der Waals surface area contributed by atoms with Crippen LogP contribution in [0, 0.1) is 11.6 Å². The molecule has 0 atom stereocenters. The summed E-state index contributed by atoms with van der Waals surface area (Å²) in [6.45, 7) is 0.332. The van der Waals surface area contributed by atoms with Crippen molar-refractivity contribution in [3.8, 4) is 0 Å². The van der Waals surface area contributed by atoms with Gasteiger partial charge in [0.1, 0.15) is 11.6 Å². The van der Waals surface area contributed by atoms with E-state index in [0.717, 1.165) is 18.2 Å². The molecule has 0 aliphatic carbocycles. The summed E-state index contributed by atoms with van der Waals surface area (Å²) >= 11 is 0. The fourth-order valence-corrected chi connectivity index (χ4v) is 1.99. The second-order valence-corrected chi connectivity index (χ2v) is 4.93. The monoisotopic (exact) mass is 318 g/mol. The van der Waals surface area contributed by atoms with Crippen LogP contribution in [-0.4, -0.2) is 18.4 Å². The number of hydrogen-bond donors (Lipinski definition) is 2. The van der Waals surface area contributed by atoms with E-state index in [9.17, 15) is 18.4 Å². The van der Waals surface area contributed by atoms with Gasteiger partial charge in [0.25, 0.3) is 5.91 Å². The van der Waals surface area contributed by atoms with Crippen LogP contribution in [0.4, 0.5) is 14.5 Å². The summed E-state index contributed by atoms with van der Waals surface area (Å²) in [4.78, 5) is 23.4. The van der Waals surface area contributed by atoms with Crippen molar-refractivity contribution >= 4 is 17.5 Å². The topological polar surface area (TPSA) is 58.2 Å². The van der Waals surface area contributed by atoms with E-state index >= 15 is 0 Å². The standard InChI is InChI=1S/C17H16F2N2O2/c18-13-9-14(19)11-15(10-13)21-16(22)7-4-8-20-17(23)12-5-2-1-3-6-12/h1-3,5-6,9-11H,4,7-8H2,(H,20,23)(H,21,22). The molecule has 0 spiro atoms. The van der Waals surface area contributed by atoms with E-state index in [1.807, 2.05) is 6.07 Å². The lowest BCUT2D eigenvalue weighted by atomic mass is 10.2. The number of carbonyl (C=O) groups excluding carboxylic acids is 2. The van der Waals surface area contributed by atoms with Crippen molar-refractivity contribution in [3.63, 3.8) is 0 Å². The number of nitrogens with one attached hydrogen (secondary N) is 2. The van der Waals surface area contributed by atoms with Crippen molar-refractivity contribution in [1.29, 1.82) is 0 Å². The Bertz CT molecular complexity index is 670. The minimum atomic E-state index is -0.754. The fourth-order valence-electron chi connectivity index (χ4n) is 1.99. The van der Waals surface area contributed by atoms with Gasteiger partial charge in [-0.05, 0) is 30.7 Å². The van der Waals surface area contributed by atoms with Crippen molar-refractivity contribution in [2.45, 2.75) is 12.8 Å². The molecule has 4 nitrogen and oxygen atoms in total. The summed E-state index contributed by atoms with van der Waals surface area (Å²) in [5.41, 5.74) is 0.619. The Balaban J connectivity index is 1.72. The highest BCUT2D eigenvalue weighted by Crippen LogP contribution is 2.13. The molecule has 2 aromatic rings. The Kier molecular flexibility index (Phi) is 5.80. The first kappa shape index (κ1) is 16.6. The van der Waals surface area contributed by atoms with Gasteiger partial charge in [-0.2, -0.15) is 0 Å². The SMILES string of the molecule is O=C(CCCNC(=O)c1ccccc1)Nc1cc(F)cc(F)c1. The molecular weight excluding hydrogens is 302 g/mol. The molecule has 0 aromatic heterocycles. The molecule has 0 aliphatic rings. The molecule has 23 heavy (non-hydrogen) atoms. The highest BCUT2D eigenvalue weighted by molar-refractivity contribution is 5.94. The Morgan fingerprint density at radius 3 is 2.26 bits per heavy atom. The lowest BCUT2D eigenvalue weighted by Crippen LogP contribution is -2.25. The van der Waals surface area contributed by atoms with Crippen LogP contribution < -0.4 is 10.6 Å². The zero-order valence-corrected chi connectivity index (χ0v) is 12.3. The lowest BCUT2D eigenvalue weighted by Gasteiger charge is -2.07. The first-order chi connectivity index (χ1) is 11.0. The van der Waals surface area contributed by atoms with Gasteiger partial charge in [0, 0.05) is 30.3 Å². The predicted molar refractivity (Wildman–Crippen MR) is 83.0 cm³/mol. The molecular formula is C17H16F2N2O2. The van der Waals surface area contributed by atoms with Gasteiger partial charge >= 0.3 is 0 Å². The van der Waals surface area contributed by atoms with E-state index in [4.69, 9.17) is 0 Å². The smallest absolute Gasteiger partial charge is 0.251 e. The molecule has 0 heterocycles. The first-order valence-electron chi connectivity index (χ1n) is 7.14. The van der Waals surface area contributed by atoms with E-state index in [1.165, 1.54) is 0 Å². The van der Waals surface area contributed by atoms with Crippen molar-refractivity contribution < 1.29 is 18.4 Å². The third-order valence-corrected chi connectivity index (χ3v) is 3.05. The normalized spacial score (nSPS) is 10.2. The predicted octanol–water partition coefficient (Wildman–Crippen LogP) is 3.11. The number of anilines is 1. The molecule has 0 saturated heterocycles. The van der Waals surface area contributed by atoms with E-state index in [0.29, 0.717) is 18.5 Å². The second-order valence-electron chi connectivity index (χ2n) is 4.93. The lowest BCUT2D eigenvalue weighted by molar-refractivity contribution is -0.116. The number of carbonyl (C=O) groups is 2. The van der Waals surface area contributed by atoms with Gasteiger partial charge in [0.05, 0.1) is 0 Å². The molecule has 6 heteroatoms. The maximum Gasteiger partial charge on any atom is 0.251 e. The molecule has 120 valence electrons. The molecule has 0 bridgehead atoms. The number of rotatable bonds is 6. The van der Waals surface area contributed by atoms with E-state index in [1.54, 1.807) is 24.3 Å². The van der Waals surface area contributed by atoms with Crippen LogP contribution in [0.15, 0.2) is 48.5 Å². The number of amides is 2. The summed E-state index contributed by atoms with van der Waals surface area (Å²) in [6.07, 6.45) is 0.551. The quantitative estimate of drug-likeness (QED) is 0.804. The Morgan fingerprint density at radius 1 is 0.957 bits per heavy atom. The minimum absolute atomic E-state index is 0.0702. The fraction of sp³-hybridized carbons (Fsp3) is 0.176. The van der Waals surface area contributed by atoms with Gasteiger partial charge in [-0.15, -0.1) is 0 Å². The third-order valence-electron chi connectivity index (χ3n) is 3.05. The summed E-state index contributed by atoms with van der Waals surface area (Å²) in [5.74, 6) is -2.09. The van der Waals surface area contributed by atoms with Crippen LogP contribution in [0.5, 0.6) is 0 Å². The largest absolute Gasteiger partial charge is 0.352 e. The molecule has 2 rings (SSSR count). The van der Waals surface area contributed by atoms with E-state index in [-0.39, 0.29) is 23.9 Å². The number of benzene rings is 2. The van der Waals surface area contributed by atoms with Gasteiger partial charge in [0.2, 0.25) is 5.91 Å². The van der Waals surface area contributed by atoms with E-state index < -0.39 is 11.6 Å². The molecule has 0 radical (unpaired) electrons. The second kappa shape index (κ2) is 8.03. The third kappa shape index (κ3) is 5.50. The summed E-state index contributed by atoms with van der Waals surface area (Å²) in [7, 11) is 0. The molecule has 0 aliphatic heterocycles. The maximum atomic E-state index is 13.0. The molecule has 0 saturated carbocycles. The molecule has 0 unspecified atom stereocenters. The van der Waals surface area contributed by atoms with Gasteiger partial charge in [-0.3, -0.25) is 9.59 Å². The zero-order chi connectivity index (χ0) is 16.7. The van der Waals surface area contributed by atoms with Crippen LogP contribution in [0.1, 0.15) is 23.2 Å². The highest BCUT2D eigenvalue weighted by atomic mass is 19.1. The van der Waals surface area contributed by atoms with Gasteiger partial charge in [-0.25, -0.2) is 8.78 Å². The highest BCUT2D eigenvalue weighted by Gasteiger charge is 2.07. The zero-order valence-electron chi connectivity index (χ0n) is 12.3. The van der Waals surface area contributed by atoms with Crippen molar-refractivity contribution in [3.05, 3.63) is 65.7 Å². The molecule has 2 aromatic carbocycles. The van der Waals surface area contributed by atoms with Crippen LogP contribution in [0.25, 0.3) is 0 Å². The summed E-state index contributed by atoms with van der Waals surface area (Å²) in [6, 6.07) is 11.5. The molecule has 0 fully saturated rings. The summed E-state index contributed by atoms with van der Waals surface area (Å²) < 4.78 is 26.0. The molecule has 2 N–H and O–H groups in total. The van der Waals surface area contributed by atoms with Crippen LogP contribution >= 0.6 is 0 Å². The Hall–Kier alpha value is -2.76. The van der Waals surface area contributed by atoms with Crippen molar-refractivity contribution in [2.75, 3.05) is 11.9 Å². The van der Waals surface area contributed by atoms with Crippen LogP contribution in [0.3, 0.4) is 0 Å². The number of halogens is 2.